The van der Waals surface area contributed by atoms with Gasteiger partial charge in [-0.05, 0) is 77.0 Å². The van der Waals surface area contributed by atoms with Crippen LogP contribution in [-0.4, -0.2) is 62.3 Å². The van der Waals surface area contributed by atoms with Gasteiger partial charge in [-0.3, -0.25) is 0 Å². The van der Waals surface area contributed by atoms with Crippen molar-refractivity contribution in [1.29, 1.82) is 0 Å². The summed E-state index contributed by atoms with van der Waals surface area (Å²) in [5.74, 6) is 0. The van der Waals surface area contributed by atoms with Crippen molar-refractivity contribution in [3.63, 3.8) is 0 Å². The summed E-state index contributed by atoms with van der Waals surface area (Å²) in [4.78, 5) is 0. The summed E-state index contributed by atoms with van der Waals surface area (Å²) in [5, 5.41) is 0. The highest BCUT2D eigenvalue weighted by Gasteiger charge is 2.22. The summed E-state index contributed by atoms with van der Waals surface area (Å²) in [7, 11) is 5.29. The van der Waals surface area contributed by atoms with Crippen LogP contribution in [0.25, 0.3) is 0 Å². The maximum Gasteiger partial charge on any atom is 0.0784 e. The van der Waals surface area contributed by atoms with Crippen LogP contribution in [0.4, 0.5) is 0 Å². The molecular weight excluding hydrogens is 860 g/mol. The zero-order valence-corrected chi connectivity index (χ0v) is 46.2. The predicted octanol–water partition coefficient (Wildman–Crippen LogP) is 13.1. The summed E-state index contributed by atoms with van der Waals surface area (Å²) in [6.07, 6.45) is 64.1. The maximum absolute atomic E-state index is 2.65. The molecule has 0 amide bonds. The number of hydrogen-bond acceptors (Lipinski definition) is 0. The van der Waals surface area contributed by atoms with Gasteiger partial charge < -0.3 is 42.9 Å². The van der Waals surface area contributed by atoms with E-state index in [1.54, 1.807) is 0 Å². The van der Waals surface area contributed by atoms with Crippen molar-refractivity contribution in [3.05, 3.63) is 0 Å². The van der Waals surface area contributed by atoms with Crippen LogP contribution in [0.1, 0.15) is 310 Å². The third-order valence-corrected chi connectivity index (χ3v) is 14.4. The van der Waals surface area contributed by atoms with Crippen LogP contribution in [0.15, 0.2) is 0 Å². The Bertz CT molecular complexity index is 650. The second-order valence-corrected chi connectivity index (χ2v) is 20.7. The highest BCUT2D eigenvalue weighted by Crippen LogP contribution is 2.20. The third-order valence-electron chi connectivity index (χ3n) is 14.4. The Morgan fingerprint density at radius 1 is 0.167 bits per heavy atom. The Hall–Kier alpha value is 0.880. The lowest BCUT2D eigenvalue weighted by Crippen LogP contribution is -3.00. The zero-order valence-electron chi connectivity index (χ0n) is 43.0. The van der Waals surface area contributed by atoms with E-state index < -0.39 is 0 Å². The Kier molecular flexibility index (Phi) is 57.0. The van der Waals surface area contributed by atoms with Crippen LogP contribution in [0, 0.1) is 0 Å². The van der Waals surface area contributed by atoms with E-state index in [0.29, 0.717) is 0 Å². The summed E-state index contributed by atoms with van der Waals surface area (Å²) in [6.45, 7) is 17.9. The van der Waals surface area contributed by atoms with Crippen LogP contribution in [0.3, 0.4) is 0 Å². The Labute approximate surface area is 404 Å². The molecule has 0 aromatic heterocycles. The fourth-order valence-corrected chi connectivity index (χ4v) is 9.94. The quantitative estimate of drug-likeness (QED) is 0.0421. The van der Waals surface area contributed by atoms with Crippen molar-refractivity contribution in [2.45, 2.75) is 310 Å². The van der Waals surface area contributed by atoms with Gasteiger partial charge in [0.25, 0.3) is 0 Å². The van der Waals surface area contributed by atoms with Crippen molar-refractivity contribution >= 4 is 0 Å². The van der Waals surface area contributed by atoms with Gasteiger partial charge in [0.1, 0.15) is 0 Å². The normalized spacial score (nSPS) is 11.9. The first-order chi connectivity index (χ1) is 28.4. The minimum atomic E-state index is 0. The number of halogens is 2. The van der Waals surface area contributed by atoms with Gasteiger partial charge in [0.15, 0.2) is 0 Å². The van der Waals surface area contributed by atoms with Crippen molar-refractivity contribution < 1.29 is 42.9 Å². The van der Waals surface area contributed by atoms with Crippen molar-refractivity contribution in [2.24, 2.45) is 0 Å². The van der Waals surface area contributed by atoms with Crippen LogP contribution >= 0.6 is 0 Å². The molecule has 0 bridgehead atoms. The molecule has 4 heteroatoms. The molecule has 0 N–H and O–H groups in total. The summed E-state index contributed by atoms with van der Waals surface area (Å²) in [6, 6.07) is 0. The highest BCUT2D eigenvalue weighted by atomic mass is 79.9. The van der Waals surface area contributed by atoms with Gasteiger partial charge in [0.05, 0.1) is 53.4 Å². The molecule has 0 radical (unpaired) electrons. The van der Waals surface area contributed by atoms with Gasteiger partial charge >= 0.3 is 0 Å². The van der Waals surface area contributed by atoms with Gasteiger partial charge in [-0.2, -0.15) is 0 Å². The topological polar surface area (TPSA) is 0 Å². The lowest BCUT2D eigenvalue weighted by molar-refractivity contribution is -0.911. The number of quaternary nitrogens is 2. The first-order valence-corrected chi connectivity index (χ1v) is 28.1. The van der Waals surface area contributed by atoms with E-state index in [-0.39, 0.29) is 34.0 Å². The molecule has 0 atom stereocenters. The number of unbranched alkanes of at least 4 members (excludes halogenated alkanes) is 39. The molecule has 0 saturated carbocycles. The van der Waals surface area contributed by atoms with E-state index in [9.17, 15) is 0 Å². The molecule has 0 aromatic carbocycles. The van der Waals surface area contributed by atoms with E-state index in [1.165, 1.54) is 331 Å². The molecule has 0 heterocycles. The molecule has 366 valence electrons. The minimum absolute atomic E-state index is 0. The number of hydrogen-bond donors (Lipinski definition) is 0. The molecule has 0 aliphatic heterocycles. The largest absolute Gasteiger partial charge is 1.00 e. The molecular formula is C56H118Br2N2. The lowest BCUT2D eigenvalue weighted by atomic mass is 10.0. The van der Waals surface area contributed by atoms with Gasteiger partial charge in [-0.15, -0.1) is 0 Å². The predicted molar refractivity (Wildman–Crippen MR) is 267 cm³/mol. The van der Waals surface area contributed by atoms with Crippen LogP contribution in [-0.2, 0) is 0 Å². The number of rotatable bonds is 51. The third kappa shape index (κ3) is 48.3. The number of nitrogens with zero attached hydrogens (tertiary/aromatic N) is 2. The van der Waals surface area contributed by atoms with Gasteiger partial charge in [-0.1, -0.05) is 233 Å². The molecule has 0 fully saturated rings. The van der Waals surface area contributed by atoms with Gasteiger partial charge in [0, 0.05) is 0 Å². The molecule has 0 spiro atoms. The Morgan fingerprint density at radius 3 is 0.383 bits per heavy atom. The van der Waals surface area contributed by atoms with Crippen LogP contribution < -0.4 is 34.0 Å². The van der Waals surface area contributed by atoms with E-state index in [1.807, 2.05) is 0 Å². The standard InChI is InChI=1S/C56H118N2.2BrH/c1-7-11-15-19-23-27-31-35-39-45-51-57(5,52-46-40-36-32-28-24-20-16-12-8-2)55-49-43-44-50-56-58(6,53-47-41-37-33-29-25-21-17-13-9-3)54-48-42-38-34-30-26-22-18-14-10-4;;/h7-56H2,1-6H3;2*1H/q+2;;/p-2. The smallest absolute Gasteiger partial charge is 0.0784 e. The van der Waals surface area contributed by atoms with E-state index in [4.69, 9.17) is 0 Å². The van der Waals surface area contributed by atoms with Crippen molar-refractivity contribution in [3.8, 4) is 0 Å². The summed E-state index contributed by atoms with van der Waals surface area (Å²) >= 11 is 0. The SMILES string of the molecule is CCCCCCCCCCCC[N+](C)(CCCCCCCCCCCC)CCCCCC[N+](C)(CCCCCCCCCCCC)CCCCCCCCCCCC.[Br-].[Br-]. The lowest BCUT2D eigenvalue weighted by Gasteiger charge is -2.36. The van der Waals surface area contributed by atoms with E-state index >= 15 is 0 Å². The monoisotopic (exact) mass is 977 g/mol. The van der Waals surface area contributed by atoms with E-state index in [2.05, 4.69) is 41.8 Å². The maximum atomic E-state index is 2.65. The highest BCUT2D eigenvalue weighted by molar-refractivity contribution is 4.55. The molecule has 0 rings (SSSR count). The molecule has 0 aliphatic rings. The molecule has 0 aromatic rings. The molecule has 0 aliphatic carbocycles. The fraction of sp³-hybridized carbons (Fsp3) is 1.00. The summed E-state index contributed by atoms with van der Waals surface area (Å²) in [5.41, 5.74) is 0. The van der Waals surface area contributed by atoms with Gasteiger partial charge in [0.2, 0.25) is 0 Å². The first-order valence-electron chi connectivity index (χ1n) is 28.1. The molecule has 0 unspecified atom stereocenters. The zero-order chi connectivity index (χ0) is 42.4. The average Bonchev–Trinajstić information content (AvgIpc) is 3.22. The van der Waals surface area contributed by atoms with Gasteiger partial charge in [-0.25, -0.2) is 0 Å². The van der Waals surface area contributed by atoms with Crippen molar-refractivity contribution in [1.82, 2.24) is 0 Å². The van der Waals surface area contributed by atoms with Crippen LogP contribution in [0.2, 0.25) is 0 Å². The Balaban J connectivity index is -0.0000162. The summed E-state index contributed by atoms with van der Waals surface area (Å²) < 4.78 is 2.72. The molecule has 0 saturated heterocycles. The first kappa shape index (κ1) is 65.2. The molecule has 60 heavy (non-hydrogen) atoms. The average molecular weight is 979 g/mol. The minimum Gasteiger partial charge on any atom is -1.00 e. The second kappa shape index (κ2) is 52.5. The Morgan fingerprint density at radius 2 is 0.267 bits per heavy atom. The van der Waals surface area contributed by atoms with Crippen molar-refractivity contribution in [2.75, 3.05) is 53.4 Å². The fourth-order valence-electron chi connectivity index (χ4n) is 9.94. The second-order valence-electron chi connectivity index (χ2n) is 20.7. The molecule has 2 nitrogen and oxygen atoms in total. The van der Waals surface area contributed by atoms with Crippen LogP contribution in [0.5, 0.6) is 0 Å². The van der Waals surface area contributed by atoms with E-state index in [0.717, 1.165) is 0 Å².